The fraction of sp³-hybridized carbons (Fsp3) is 0.235. The van der Waals surface area contributed by atoms with Gasteiger partial charge in [-0.2, -0.15) is 0 Å². The largest absolute Gasteiger partial charge is 0.327 e. The Bertz CT molecular complexity index is 721. The zero-order valence-electron chi connectivity index (χ0n) is 10.8. The smallest absolute Gasteiger partial charge is 0.0953 e. The van der Waals surface area contributed by atoms with Crippen LogP contribution in [0.15, 0.2) is 55.0 Å². The summed E-state index contributed by atoms with van der Waals surface area (Å²) in [6, 6.07) is 15.7. The number of benzene rings is 2. The molecule has 0 saturated heterocycles. The highest BCUT2D eigenvalue weighted by molar-refractivity contribution is 5.86. The van der Waals surface area contributed by atoms with E-state index in [0.717, 1.165) is 6.42 Å². The maximum Gasteiger partial charge on any atom is 0.0953 e. The lowest BCUT2D eigenvalue weighted by Crippen LogP contribution is -2.17. The lowest BCUT2D eigenvalue weighted by molar-refractivity contribution is 0.460. The summed E-state index contributed by atoms with van der Waals surface area (Å²) in [5, 5.41) is 2.70. The molecule has 1 aromatic heterocycles. The van der Waals surface area contributed by atoms with Crippen LogP contribution in [0.4, 0.5) is 0 Å². The van der Waals surface area contributed by atoms with Gasteiger partial charge in [-0.15, -0.1) is 0 Å². The first kappa shape index (κ1) is 10.8. The van der Waals surface area contributed by atoms with Gasteiger partial charge in [-0.3, -0.25) is 0 Å². The third-order valence-electron chi connectivity index (χ3n) is 4.17. The van der Waals surface area contributed by atoms with E-state index in [-0.39, 0.29) is 0 Å². The Morgan fingerprint density at radius 1 is 1.05 bits per heavy atom. The van der Waals surface area contributed by atoms with E-state index < -0.39 is 0 Å². The number of rotatable bonds is 1. The Kier molecular flexibility index (Phi) is 2.41. The summed E-state index contributed by atoms with van der Waals surface area (Å²) in [5.41, 5.74) is 2.79. The molecular weight excluding hydrogens is 232 g/mol. The monoisotopic (exact) mass is 248 g/mol. The van der Waals surface area contributed by atoms with E-state index in [1.165, 1.54) is 34.9 Å². The molecule has 4 rings (SSSR count). The number of nitrogens with zero attached hydrogens (tertiary/aromatic N) is 2. The minimum Gasteiger partial charge on any atom is -0.327 e. The Hall–Kier alpha value is -2.09. The molecule has 1 aliphatic rings. The minimum absolute atomic E-state index is 0.442. The summed E-state index contributed by atoms with van der Waals surface area (Å²) in [7, 11) is 0. The van der Waals surface area contributed by atoms with Gasteiger partial charge in [-0.1, -0.05) is 42.5 Å². The lowest BCUT2D eigenvalue weighted by Gasteiger charge is -2.27. The van der Waals surface area contributed by atoms with Crippen molar-refractivity contribution in [3.05, 3.63) is 66.2 Å². The van der Waals surface area contributed by atoms with Gasteiger partial charge in [-0.25, -0.2) is 4.98 Å². The van der Waals surface area contributed by atoms with Crippen molar-refractivity contribution in [3.63, 3.8) is 0 Å². The number of hydrogen-bond acceptors (Lipinski definition) is 1. The van der Waals surface area contributed by atoms with Gasteiger partial charge in [0.1, 0.15) is 0 Å². The molecule has 0 fully saturated rings. The van der Waals surface area contributed by atoms with Crippen LogP contribution in [0.5, 0.6) is 0 Å². The first-order valence-corrected chi connectivity index (χ1v) is 6.92. The van der Waals surface area contributed by atoms with Gasteiger partial charge in [0.25, 0.3) is 0 Å². The molecule has 1 atom stereocenters. The molecule has 2 nitrogen and oxygen atoms in total. The van der Waals surface area contributed by atoms with E-state index >= 15 is 0 Å². The minimum atomic E-state index is 0.442. The van der Waals surface area contributed by atoms with Gasteiger partial charge < -0.3 is 4.57 Å². The molecule has 3 aromatic rings. The topological polar surface area (TPSA) is 17.8 Å². The second-order valence-corrected chi connectivity index (χ2v) is 5.27. The summed E-state index contributed by atoms with van der Waals surface area (Å²) in [6.07, 6.45) is 7.61. The van der Waals surface area contributed by atoms with Crippen molar-refractivity contribution in [1.82, 2.24) is 9.55 Å². The van der Waals surface area contributed by atoms with Crippen molar-refractivity contribution < 1.29 is 0 Å². The van der Waals surface area contributed by atoms with E-state index in [1.54, 1.807) is 0 Å². The Morgan fingerprint density at radius 3 is 2.95 bits per heavy atom. The molecule has 2 heteroatoms. The van der Waals surface area contributed by atoms with Crippen LogP contribution in [0.3, 0.4) is 0 Å². The first-order valence-electron chi connectivity index (χ1n) is 6.92. The fourth-order valence-corrected chi connectivity index (χ4v) is 3.27. The summed E-state index contributed by atoms with van der Waals surface area (Å²) in [4.78, 5) is 4.32. The van der Waals surface area contributed by atoms with Crippen molar-refractivity contribution in [2.45, 2.75) is 25.3 Å². The van der Waals surface area contributed by atoms with Crippen LogP contribution < -0.4 is 0 Å². The molecule has 2 heterocycles. The van der Waals surface area contributed by atoms with E-state index in [2.05, 4.69) is 52.0 Å². The van der Waals surface area contributed by atoms with Crippen molar-refractivity contribution in [1.29, 1.82) is 0 Å². The molecule has 0 amide bonds. The summed E-state index contributed by atoms with van der Waals surface area (Å²) in [6.45, 7) is 0. The van der Waals surface area contributed by atoms with E-state index in [0.29, 0.717) is 6.04 Å². The lowest BCUT2D eigenvalue weighted by atomic mass is 9.92. The average molecular weight is 248 g/mol. The molecule has 0 aliphatic carbocycles. The fourth-order valence-electron chi connectivity index (χ4n) is 3.27. The van der Waals surface area contributed by atoms with Crippen LogP contribution in [0.1, 0.15) is 30.1 Å². The number of hydrogen-bond donors (Lipinski definition) is 0. The standard InChI is InChI=1S/C17H16N2/c1-2-8-15-13(5-1)6-3-9-16(15)17-10-4-7-14-11-18-12-19(14)17/h1-3,5-6,8-9,11-12,17H,4,7,10H2. The van der Waals surface area contributed by atoms with Gasteiger partial charge in [-0.05, 0) is 35.6 Å². The third kappa shape index (κ3) is 1.67. The highest BCUT2D eigenvalue weighted by Gasteiger charge is 2.22. The zero-order chi connectivity index (χ0) is 12.7. The van der Waals surface area contributed by atoms with Gasteiger partial charge >= 0.3 is 0 Å². The Morgan fingerprint density at radius 2 is 1.95 bits per heavy atom. The second-order valence-electron chi connectivity index (χ2n) is 5.27. The van der Waals surface area contributed by atoms with Crippen molar-refractivity contribution in [2.75, 3.05) is 0 Å². The zero-order valence-corrected chi connectivity index (χ0v) is 10.8. The molecule has 1 aliphatic heterocycles. The van der Waals surface area contributed by atoms with E-state index in [1.807, 2.05) is 12.5 Å². The Labute approximate surface area is 112 Å². The molecule has 0 bridgehead atoms. The van der Waals surface area contributed by atoms with E-state index in [9.17, 15) is 0 Å². The molecular formula is C17H16N2. The van der Waals surface area contributed by atoms with Crippen LogP contribution in [0, 0.1) is 0 Å². The number of fused-ring (bicyclic) bond motifs is 2. The summed E-state index contributed by atoms with van der Waals surface area (Å²) >= 11 is 0. The molecule has 19 heavy (non-hydrogen) atoms. The van der Waals surface area contributed by atoms with Gasteiger partial charge in [0.05, 0.1) is 12.4 Å². The van der Waals surface area contributed by atoms with Gasteiger partial charge in [0.15, 0.2) is 0 Å². The van der Waals surface area contributed by atoms with Crippen LogP contribution in [0.25, 0.3) is 10.8 Å². The molecule has 94 valence electrons. The van der Waals surface area contributed by atoms with Crippen LogP contribution in [0.2, 0.25) is 0 Å². The quantitative estimate of drug-likeness (QED) is 0.637. The third-order valence-corrected chi connectivity index (χ3v) is 4.17. The predicted octanol–water partition coefficient (Wildman–Crippen LogP) is 3.96. The normalized spacial score (nSPS) is 18.4. The van der Waals surface area contributed by atoms with E-state index in [4.69, 9.17) is 0 Å². The molecule has 0 spiro atoms. The highest BCUT2D eigenvalue weighted by Crippen LogP contribution is 2.34. The number of imidazole rings is 1. The molecule has 1 unspecified atom stereocenters. The maximum absolute atomic E-state index is 4.32. The van der Waals surface area contributed by atoms with Gasteiger partial charge in [0, 0.05) is 11.9 Å². The number of aryl methyl sites for hydroxylation is 1. The molecule has 0 saturated carbocycles. The molecule has 2 aromatic carbocycles. The second kappa shape index (κ2) is 4.23. The van der Waals surface area contributed by atoms with Crippen LogP contribution in [-0.4, -0.2) is 9.55 Å². The summed E-state index contributed by atoms with van der Waals surface area (Å²) in [5.74, 6) is 0. The first-order chi connectivity index (χ1) is 9.43. The van der Waals surface area contributed by atoms with Crippen molar-refractivity contribution in [2.24, 2.45) is 0 Å². The van der Waals surface area contributed by atoms with Crippen molar-refractivity contribution in [3.8, 4) is 0 Å². The molecule has 0 radical (unpaired) electrons. The summed E-state index contributed by atoms with van der Waals surface area (Å²) < 4.78 is 2.35. The van der Waals surface area contributed by atoms with Crippen LogP contribution in [-0.2, 0) is 6.42 Å². The van der Waals surface area contributed by atoms with Crippen molar-refractivity contribution >= 4 is 10.8 Å². The van der Waals surface area contributed by atoms with Crippen LogP contribution >= 0.6 is 0 Å². The highest BCUT2D eigenvalue weighted by atomic mass is 15.1. The SMILES string of the molecule is c1ccc2c(C3CCCc4cncn43)cccc2c1. The van der Waals surface area contributed by atoms with Gasteiger partial charge in [0.2, 0.25) is 0 Å². The maximum atomic E-state index is 4.32. The average Bonchev–Trinajstić information content (AvgIpc) is 2.95. The number of aromatic nitrogens is 2. The Balaban J connectivity index is 1.93. The predicted molar refractivity (Wildman–Crippen MR) is 77.3 cm³/mol. The molecule has 0 N–H and O–H groups in total.